The SMILES string of the molecule is c1ccc2cc3c(cc2c1)c1ccccc1n3-c1ccc(-c2nc(-c3ccc4oc5ccccc5c4c3)nc(-c3ccc4sc5ccccc5c4c3)n2)c2c1oc1ccccc12. The van der Waals surface area contributed by atoms with Crippen LogP contribution in [0.1, 0.15) is 0 Å². The fourth-order valence-corrected chi connectivity index (χ4v) is 10.7. The Balaban J connectivity index is 1.05. The van der Waals surface area contributed by atoms with Gasteiger partial charge in [0.2, 0.25) is 0 Å². The summed E-state index contributed by atoms with van der Waals surface area (Å²) in [5.41, 5.74) is 9.05. The largest absolute Gasteiger partial charge is 0.456 e. The Bertz CT molecular complexity index is 4060. The second kappa shape index (κ2) is 12.7. The van der Waals surface area contributed by atoms with Crippen LogP contribution in [0.2, 0.25) is 0 Å². The van der Waals surface area contributed by atoms with Gasteiger partial charge in [-0.25, -0.2) is 15.0 Å². The fourth-order valence-electron chi connectivity index (χ4n) is 9.58. The summed E-state index contributed by atoms with van der Waals surface area (Å²) < 4.78 is 18.0. The molecule has 7 heteroatoms. The van der Waals surface area contributed by atoms with Crippen LogP contribution in [0.25, 0.3) is 136 Å². The molecule has 14 rings (SSSR count). The lowest BCUT2D eigenvalue weighted by atomic mass is 10.0. The first kappa shape index (κ1) is 33.7. The Kier molecular flexibility index (Phi) is 6.89. The second-order valence-corrected chi connectivity index (χ2v) is 17.0. The maximum Gasteiger partial charge on any atom is 0.164 e. The molecule has 62 heavy (non-hydrogen) atoms. The molecule has 0 spiro atoms. The van der Waals surface area contributed by atoms with E-state index in [0.717, 1.165) is 77.3 Å². The van der Waals surface area contributed by atoms with Crippen LogP contribution in [0.3, 0.4) is 0 Å². The zero-order valence-electron chi connectivity index (χ0n) is 32.8. The highest BCUT2D eigenvalue weighted by Crippen LogP contribution is 2.44. The van der Waals surface area contributed by atoms with Crippen LogP contribution in [-0.2, 0) is 0 Å². The molecule has 0 radical (unpaired) electrons. The van der Waals surface area contributed by atoms with Crippen molar-refractivity contribution in [3.63, 3.8) is 0 Å². The Morgan fingerprint density at radius 1 is 0.387 bits per heavy atom. The van der Waals surface area contributed by atoms with Gasteiger partial charge in [0.15, 0.2) is 23.1 Å². The molecule has 0 unspecified atom stereocenters. The summed E-state index contributed by atoms with van der Waals surface area (Å²) in [5.74, 6) is 1.74. The molecular weight excluding hydrogens is 781 g/mol. The molecule has 6 nitrogen and oxygen atoms in total. The highest BCUT2D eigenvalue weighted by molar-refractivity contribution is 7.25. The normalized spacial score (nSPS) is 12.2. The van der Waals surface area contributed by atoms with Gasteiger partial charge in [0.1, 0.15) is 16.7 Å². The molecule has 0 aliphatic rings. The Morgan fingerprint density at radius 3 is 1.84 bits per heavy atom. The van der Waals surface area contributed by atoms with Gasteiger partial charge in [-0.1, -0.05) is 97.1 Å². The molecule has 288 valence electrons. The minimum absolute atomic E-state index is 0.564. The minimum atomic E-state index is 0.564. The molecule has 0 saturated heterocycles. The smallest absolute Gasteiger partial charge is 0.164 e. The van der Waals surface area contributed by atoms with Gasteiger partial charge >= 0.3 is 0 Å². The standard InChI is InChI=1S/C55H30N4O2S/c1-2-12-32-30-45-40(27-31(32)11-1)35-13-3-7-17-43(35)59(45)44-24-23-39(51-38-16-5-9-19-47(38)61-52(44)51)55-57-53(33-21-25-48-41(28-33)36-14-4-8-18-46(36)60-48)56-54(58-55)34-22-26-50-42(29-34)37-15-6-10-20-49(37)62-50/h1-30H. The second-order valence-electron chi connectivity index (χ2n) is 15.9. The number of thiophene rings is 1. The van der Waals surface area contributed by atoms with E-state index < -0.39 is 0 Å². The predicted molar refractivity (Wildman–Crippen MR) is 255 cm³/mol. The van der Waals surface area contributed by atoms with Crippen molar-refractivity contribution in [2.75, 3.05) is 0 Å². The zero-order chi connectivity index (χ0) is 40.5. The van der Waals surface area contributed by atoms with E-state index in [2.05, 4.69) is 144 Å². The van der Waals surface area contributed by atoms with Gasteiger partial charge in [-0.05, 0) is 95.7 Å². The number of rotatable bonds is 4. The predicted octanol–water partition coefficient (Wildman–Crippen LogP) is 15.3. The van der Waals surface area contributed by atoms with Crippen LogP contribution in [0, 0.1) is 0 Å². The van der Waals surface area contributed by atoms with Gasteiger partial charge < -0.3 is 13.4 Å². The van der Waals surface area contributed by atoms with Crippen molar-refractivity contribution in [1.29, 1.82) is 0 Å². The van der Waals surface area contributed by atoms with E-state index in [0.29, 0.717) is 17.5 Å². The number of benzene rings is 9. The molecular formula is C55H30N4O2S. The van der Waals surface area contributed by atoms with Crippen LogP contribution in [0.15, 0.2) is 191 Å². The third-order valence-corrected chi connectivity index (χ3v) is 13.6. The lowest BCUT2D eigenvalue weighted by Gasteiger charge is -2.13. The van der Waals surface area contributed by atoms with Crippen molar-refractivity contribution in [3.05, 3.63) is 182 Å². The van der Waals surface area contributed by atoms with Crippen molar-refractivity contribution >= 4 is 108 Å². The number of furan rings is 2. The lowest BCUT2D eigenvalue weighted by molar-refractivity contribution is 0.666. The van der Waals surface area contributed by atoms with Crippen molar-refractivity contribution < 1.29 is 8.83 Å². The van der Waals surface area contributed by atoms with Crippen LogP contribution in [-0.4, -0.2) is 19.5 Å². The summed E-state index contributed by atoms with van der Waals surface area (Å²) >= 11 is 1.80. The van der Waals surface area contributed by atoms with Crippen LogP contribution < -0.4 is 0 Å². The van der Waals surface area contributed by atoms with Gasteiger partial charge in [-0.2, -0.15) is 0 Å². The summed E-state index contributed by atoms with van der Waals surface area (Å²) in [6, 6.07) is 63.8. The summed E-state index contributed by atoms with van der Waals surface area (Å²) in [4.78, 5) is 15.9. The van der Waals surface area contributed by atoms with Crippen molar-refractivity contribution in [1.82, 2.24) is 19.5 Å². The van der Waals surface area contributed by atoms with Gasteiger partial charge in [-0.15, -0.1) is 11.3 Å². The summed E-state index contributed by atoms with van der Waals surface area (Å²) in [6.07, 6.45) is 0. The average molecular weight is 811 g/mol. The summed E-state index contributed by atoms with van der Waals surface area (Å²) in [7, 11) is 0. The minimum Gasteiger partial charge on any atom is -0.456 e. The number of para-hydroxylation sites is 3. The van der Waals surface area contributed by atoms with Crippen LogP contribution in [0.4, 0.5) is 0 Å². The van der Waals surface area contributed by atoms with E-state index in [1.54, 1.807) is 11.3 Å². The van der Waals surface area contributed by atoms with E-state index in [1.165, 1.54) is 41.7 Å². The first-order valence-corrected chi connectivity index (χ1v) is 21.5. The average Bonchev–Trinajstić information content (AvgIpc) is 4.09. The Labute approximate surface area is 356 Å². The number of fused-ring (bicyclic) bond motifs is 13. The first-order valence-electron chi connectivity index (χ1n) is 20.7. The molecule has 5 aromatic heterocycles. The molecule has 0 aliphatic carbocycles. The third-order valence-electron chi connectivity index (χ3n) is 12.4. The van der Waals surface area contributed by atoms with Gasteiger partial charge in [0.05, 0.1) is 16.7 Å². The summed E-state index contributed by atoms with van der Waals surface area (Å²) in [5, 5.41) is 11.2. The molecule has 0 bridgehead atoms. The van der Waals surface area contributed by atoms with Gasteiger partial charge in [0.25, 0.3) is 0 Å². The molecule has 0 atom stereocenters. The van der Waals surface area contributed by atoms with E-state index >= 15 is 0 Å². The van der Waals surface area contributed by atoms with E-state index in [1.807, 2.05) is 42.5 Å². The molecule has 0 N–H and O–H groups in total. The highest BCUT2D eigenvalue weighted by Gasteiger charge is 2.24. The molecule has 5 heterocycles. The van der Waals surface area contributed by atoms with E-state index in [4.69, 9.17) is 23.8 Å². The van der Waals surface area contributed by atoms with E-state index in [-0.39, 0.29) is 0 Å². The summed E-state index contributed by atoms with van der Waals surface area (Å²) in [6.45, 7) is 0. The molecule has 14 aromatic rings. The van der Waals surface area contributed by atoms with Crippen LogP contribution >= 0.6 is 11.3 Å². The lowest BCUT2D eigenvalue weighted by Crippen LogP contribution is -2.01. The van der Waals surface area contributed by atoms with Gasteiger partial charge in [-0.3, -0.25) is 0 Å². The number of aromatic nitrogens is 4. The Morgan fingerprint density at radius 2 is 1.00 bits per heavy atom. The van der Waals surface area contributed by atoms with Gasteiger partial charge in [0, 0.05) is 69.2 Å². The fraction of sp³-hybridized carbons (Fsp3) is 0. The Hall–Kier alpha value is -8.13. The van der Waals surface area contributed by atoms with E-state index in [9.17, 15) is 0 Å². The maximum atomic E-state index is 6.94. The monoisotopic (exact) mass is 810 g/mol. The highest BCUT2D eigenvalue weighted by atomic mass is 32.1. The topological polar surface area (TPSA) is 69.9 Å². The van der Waals surface area contributed by atoms with Crippen molar-refractivity contribution in [2.24, 2.45) is 0 Å². The number of hydrogen-bond acceptors (Lipinski definition) is 6. The first-order chi connectivity index (χ1) is 30.7. The molecule has 0 amide bonds. The van der Waals surface area contributed by atoms with Crippen molar-refractivity contribution in [3.8, 4) is 39.9 Å². The third kappa shape index (κ3) is 4.88. The van der Waals surface area contributed by atoms with Crippen molar-refractivity contribution in [2.45, 2.75) is 0 Å². The molecule has 0 saturated carbocycles. The molecule has 0 aliphatic heterocycles. The maximum absolute atomic E-state index is 6.94. The number of nitrogens with zero attached hydrogens (tertiary/aromatic N) is 4. The van der Waals surface area contributed by atoms with Crippen LogP contribution in [0.5, 0.6) is 0 Å². The zero-order valence-corrected chi connectivity index (χ0v) is 33.7. The quantitative estimate of drug-likeness (QED) is 0.177. The molecule has 0 fully saturated rings. The number of hydrogen-bond donors (Lipinski definition) is 0. The molecule has 9 aromatic carbocycles.